The summed E-state index contributed by atoms with van der Waals surface area (Å²) in [5, 5.41) is 3.42. The molecule has 6 heteroatoms. The molecule has 1 aromatic rings. The van der Waals surface area contributed by atoms with Crippen molar-refractivity contribution in [2.75, 3.05) is 5.01 Å². The number of hydrogen-bond donors (Lipinski definition) is 1. The van der Waals surface area contributed by atoms with E-state index in [1.807, 2.05) is 0 Å². The predicted octanol–water partition coefficient (Wildman–Crippen LogP) is 1.52. The Labute approximate surface area is 104 Å². The third kappa shape index (κ3) is 2.86. The summed E-state index contributed by atoms with van der Waals surface area (Å²) in [5.41, 5.74) is -0.0739. The number of amides is 1. The SMILES string of the molecule is CC(=O)/C(C(=O)N(N)c1ccccc1)=C(/C)N=O. The third-order valence-corrected chi connectivity index (χ3v) is 2.32. The Kier molecular flexibility index (Phi) is 4.45. The van der Waals surface area contributed by atoms with E-state index < -0.39 is 11.7 Å². The van der Waals surface area contributed by atoms with Crippen molar-refractivity contribution in [3.05, 3.63) is 46.5 Å². The zero-order chi connectivity index (χ0) is 13.7. The number of anilines is 1. The number of benzene rings is 1. The van der Waals surface area contributed by atoms with Gasteiger partial charge in [0.15, 0.2) is 5.78 Å². The van der Waals surface area contributed by atoms with Gasteiger partial charge in [-0.3, -0.25) is 9.59 Å². The van der Waals surface area contributed by atoms with Crippen LogP contribution in [0.3, 0.4) is 0 Å². The van der Waals surface area contributed by atoms with E-state index >= 15 is 0 Å². The van der Waals surface area contributed by atoms with Gasteiger partial charge in [-0.05, 0) is 31.2 Å². The number of nitroso groups, excluding NO2 is 1. The molecule has 0 aromatic heterocycles. The lowest BCUT2D eigenvalue weighted by Gasteiger charge is -2.17. The lowest BCUT2D eigenvalue weighted by molar-refractivity contribution is -0.120. The first-order valence-corrected chi connectivity index (χ1v) is 5.18. The zero-order valence-electron chi connectivity index (χ0n) is 10.1. The van der Waals surface area contributed by atoms with Crippen LogP contribution in [0.2, 0.25) is 0 Å². The first kappa shape index (κ1) is 13.7. The molecule has 0 saturated heterocycles. The van der Waals surface area contributed by atoms with E-state index in [0.717, 1.165) is 5.01 Å². The maximum absolute atomic E-state index is 12.0. The van der Waals surface area contributed by atoms with E-state index in [2.05, 4.69) is 5.18 Å². The standard InChI is InChI=1S/C12H13N3O3/c1-8(14-18)11(9(2)16)12(17)15(13)10-6-4-3-5-7-10/h3-7H,13H2,1-2H3/b11-8+. The molecule has 0 saturated carbocycles. The maximum atomic E-state index is 12.0. The monoisotopic (exact) mass is 247 g/mol. The number of nitrogens with zero attached hydrogens (tertiary/aromatic N) is 2. The number of carbonyl (C=O) groups is 2. The Bertz CT molecular complexity index is 509. The Hall–Kier alpha value is -2.34. The first-order valence-electron chi connectivity index (χ1n) is 5.18. The van der Waals surface area contributed by atoms with Crippen molar-refractivity contribution in [3.63, 3.8) is 0 Å². The molecule has 0 unspecified atom stereocenters. The fourth-order valence-electron chi connectivity index (χ4n) is 1.43. The molecule has 0 aliphatic carbocycles. The van der Waals surface area contributed by atoms with Crippen molar-refractivity contribution in [1.29, 1.82) is 0 Å². The zero-order valence-corrected chi connectivity index (χ0v) is 10.1. The number of Topliss-reactive ketones (excluding diaryl/α,β-unsaturated/α-hetero) is 1. The van der Waals surface area contributed by atoms with Crippen molar-refractivity contribution in [3.8, 4) is 0 Å². The van der Waals surface area contributed by atoms with Gasteiger partial charge in [0.05, 0.1) is 11.4 Å². The summed E-state index contributed by atoms with van der Waals surface area (Å²) in [6.07, 6.45) is 0. The molecule has 6 nitrogen and oxygen atoms in total. The van der Waals surface area contributed by atoms with Crippen LogP contribution in [-0.2, 0) is 9.59 Å². The molecule has 0 aliphatic rings. The highest BCUT2D eigenvalue weighted by Gasteiger charge is 2.23. The van der Waals surface area contributed by atoms with Gasteiger partial charge < -0.3 is 0 Å². The molecule has 0 spiro atoms. The Balaban J connectivity index is 3.14. The number of para-hydroxylation sites is 1. The van der Waals surface area contributed by atoms with Crippen LogP contribution in [0.1, 0.15) is 13.8 Å². The van der Waals surface area contributed by atoms with Crippen LogP contribution >= 0.6 is 0 Å². The first-order chi connectivity index (χ1) is 8.49. The maximum Gasteiger partial charge on any atom is 0.278 e. The van der Waals surface area contributed by atoms with E-state index in [9.17, 15) is 14.5 Å². The van der Waals surface area contributed by atoms with Gasteiger partial charge in [0.1, 0.15) is 5.57 Å². The third-order valence-electron chi connectivity index (χ3n) is 2.32. The average molecular weight is 247 g/mol. The van der Waals surface area contributed by atoms with Crippen LogP contribution in [0.5, 0.6) is 0 Å². The van der Waals surface area contributed by atoms with Gasteiger partial charge >= 0.3 is 0 Å². The van der Waals surface area contributed by atoms with E-state index in [-0.39, 0.29) is 11.3 Å². The summed E-state index contributed by atoms with van der Waals surface area (Å²) < 4.78 is 0. The quantitative estimate of drug-likeness (QED) is 0.166. The topological polar surface area (TPSA) is 92.8 Å². The molecule has 1 amide bonds. The van der Waals surface area contributed by atoms with Gasteiger partial charge in [-0.25, -0.2) is 10.9 Å². The molecule has 1 aromatic carbocycles. The van der Waals surface area contributed by atoms with Gasteiger partial charge in [-0.2, -0.15) is 0 Å². The summed E-state index contributed by atoms with van der Waals surface area (Å²) in [6.45, 7) is 2.47. The van der Waals surface area contributed by atoms with Crippen molar-refractivity contribution in [2.24, 2.45) is 11.0 Å². The van der Waals surface area contributed by atoms with Crippen LogP contribution in [0.15, 0.2) is 46.8 Å². The van der Waals surface area contributed by atoms with Gasteiger partial charge in [-0.1, -0.05) is 18.2 Å². The number of allylic oxidation sites excluding steroid dienone is 1. The number of carbonyl (C=O) groups excluding carboxylic acids is 2. The molecule has 0 aliphatic heterocycles. The predicted molar refractivity (Wildman–Crippen MR) is 67.3 cm³/mol. The fraction of sp³-hybridized carbons (Fsp3) is 0.167. The fourth-order valence-corrected chi connectivity index (χ4v) is 1.43. The minimum Gasteiger partial charge on any atom is -0.294 e. The van der Waals surface area contributed by atoms with Gasteiger partial charge in [-0.15, -0.1) is 4.91 Å². The van der Waals surface area contributed by atoms with Crippen LogP contribution in [0.4, 0.5) is 5.69 Å². The molecule has 1 rings (SSSR count). The minimum absolute atomic E-state index is 0.182. The second-order valence-electron chi connectivity index (χ2n) is 3.62. The highest BCUT2D eigenvalue weighted by atomic mass is 16.3. The van der Waals surface area contributed by atoms with Crippen molar-refractivity contribution >= 4 is 17.4 Å². The van der Waals surface area contributed by atoms with E-state index in [1.54, 1.807) is 30.3 Å². The summed E-state index contributed by atoms with van der Waals surface area (Å²) in [7, 11) is 0. The Morgan fingerprint density at radius 1 is 1.17 bits per heavy atom. The van der Waals surface area contributed by atoms with Crippen LogP contribution in [0, 0.1) is 4.91 Å². The van der Waals surface area contributed by atoms with Crippen molar-refractivity contribution in [1.82, 2.24) is 0 Å². The second kappa shape index (κ2) is 5.83. The smallest absolute Gasteiger partial charge is 0.278 e. The molecule has 0 fully saturated rings. The highest BCUT2D eigenvalue weighted by Crippen LogP contribution is 2.15. The van der Waals surface area contributed by atoms with E-state index in [0.29, 0.717) is 5.69 Å². The van der Waals surface area contributed by atoms with Crippen LogP contribution in [0.25, 0.3) is 0 Å². The second-order valence-corrected chi connectivity index (χ2v) is 3.62. The van der Waals surface area contributed by atoms with E-state index in [1.165, 1.54) is 13.8 Å². The molecular weight excluding hydrogens is 234 g/mol. The molecule has 0 bridgehead atoms. The van der Waals surface area contributed by atoms with Crippen molar-refractivity contribution in [2.45, 2.75) is 13.8 Å². The Morgan fingerprint density at radius 3 is 2.17 bits per heavy atom. The number of hydrogen-bond acceptors (Lipinski definition) is 5. The van der Waals surface area contributed by atoms with Crippen LogP contribution < -0.4 is 10.9 Å². The highest BCUT2D eigenvalue weighted by molar-refractivity contribution is 6.23. The normalized spacial score (nSPS) is 11.5. The summed E-state index contributed by atoms with van der Waals surface area (Å²) >= 11 is 0. The number of ketones is 1. The van der Waals surface area contributed by atoms with Gasteiger partial charge in [0, 0.05) is 0 Å². The number of rotatable bonds is 4. The Morgan fingerprint density at radius 2 is 1.72 bits per heavy atom. The van der Waals surface area contributed by atoms with Gasteiger partial charge in [0.25, 0.3) is 5.91 Å². The molecule has 18 heavy (non-hydrogen) atoms. The lowest BCUT2D eigenvalue weighted by Crippen LogP contribution is -2.40. The molecule has 0 radical (unpaired) electrons. The average Bonchev–Trinajstić information content (AvgIpc) is 2.38. The lowest BCUT2D eigenvalue weighted by atomic mass is 10.1. The largest absolute Gasteiger partial charge is 0.294 e. The summed E-state index contributed by atoms with van der Waals surface area (Å²) in [4.78, 5) is 33.8. The minimum atomic E-state index is -0.759. The summed E-state index contributed by atoms with van der Waals surface area (Å²) in [6, 6.07) is 8.38. The van der Waals surface area contributed by atoms with Crippen LogP contribution in [-0.4, -0.2) is 11.7 Å². The molecule has 0 atom stereocenters. The molecule has 94 valence electrons. The summed E-state index contributed by atoms with van der Waals surface area (Å²) in [5.74, 6) is 4.31. The van der Waals surface area contributed by atoms with Crippen molar-refractivity contribution < 1.29 is 9.59 Å². The number of hydrazine groups is 1. The number of nitrogens with two attached hydrogens (primary N) is 1. The molecular formula is C12H13N3O3. The van der Waals surface area contributed by atoms with E-state index in [4.69, 9.17) is 5.84 Å². The molecule has 0 heterocycles. The van der Waals surface area contributed by atoms with Gasteiger partial charge in [0.2, 0.25) is 0 Å². The molecule has 2 N–H and O–H groups in total.